The third kappa shape index (κ3) is 2.55. The number of anilines is 1. The second-order valence-electron chi connectivity index (χ2n) is 4.67. The first kappa shape index (κ1) is 12.2. The molecular formula is C14H21NO2. The van der Waals surface area contributed by atoms with Gasteiger partial charge in [0, 0.05) is 30.9 Å². The van der Waals surface area contributed by atoms with Gasteiger partial charge >= 0.3 is 0 Å². The van der Waals surface area contributed by atoms with Crippen molar-refractivity contribution < 1.29 is 10.2 Å². The molecule has 3 heteroatoms. The van der Waals surface area contributed by atoms with Crippen LogP contribution in [0, 0.1) is 0 Å². The van der Waals surface area contributed by atoms with Gasteiger partial charge in [-0.1, -0.05) is 13.0 Å². The molecule has 0 saturated carbocycles. The molecule has 1 aromatic rings. The fourth-order valence-electron chi connectivity index (χ4n) is 2.65. The zero-order valence-electron chi connectivity index (χ0n) is 10.4. The maximum absolute atomic E-state index is 9.89. The molecule has 0 amide bonds. The Labute approximate surface area is 103 Å². The molecule has 0 spiro atoms. The van der Waals surface area contributed by atoms with Gasteiger partial charge in [-0.2, -0.15) is 0 Å². The summed E-state index contributed by atoms with van der Waals surface area (Å²) in [4.78, 5) is 2.30. The first-order valence-electron chi connectivity index (χ1n) is 6.45. The largest absolute Gasteiger partial charge is 0.508 e. The van der Waals surface area contributed by atoms with Gasteiger partial charge in [0.1, 0.15) is 5.75 Å². The van der Waals surface area contributed by atoms with Crippen molar-refractivity contribution in [2.45, 2.75) is 38.6 Å². The molecule has 94 valence electrons. The Kier molecular flexibility index (Phi) is 3.89. The van der Waals surface area contributed by atoms with Gasteiger partial charge in [0.15, 0.2) is 0 Å². The molecule has 17 heavy (non-hydrogen) atoms. The highest BCUT2D eigenvalue weighted by atomic mass is 16.3. The number of nitrogens with zero attached hydrogens (tertiary/aromatic N) is 1. The molecule has 0 aromatic heterocycles. The summed E-state index contributed by atoms with van der Waals surface area (Å²) in [5.41, 5.74) is 2.07. The summed E-state index contributed by atoms with van der Waals surface area (Å²) in [6.07, 6.45) is 3.97. The van der Waals surface area contributed by atoms with Crippen molar-refractivity contribution >= 4 is 5.69 Å². The summed E-state index contributed by atoms with van der Waals surface area (Å²) in [5, 5.41) is 18.9. The molecule has 2 N–H and O–H groups in total. The van der Waals surface area contributed by atoms with Gasteiger partial charge in [0.25, 0.3) is 0 Å². The van der Waals surface area contributed by atoms with Crippen LogP contribution in [0.4, 0.5) is 5.69 Å². The molecule has 0 bridgehead atoms. The van der Waals surface area contributed by atoms with Crippen molar-refractivity contribution in [2.24, 2.45) is 0 Å². The topological polar surface area (TPSA) is 43.7 Å². The summed E-state index contributed by atoms with van der Waals surface area (Å²) >= 11 is 0. The fraction of sp³-hybridized carbons (Fsp3) is 0.571. The lowest BCUT2D eigenvalue weighted by Gasteiger charge is -2.26. The molecule has 1 atom stereocenters. The summed E-state index contributed by atoms with van der Waals surface area (Å²) < 4.78 is 0. The molecule has 1 aromatic carbocycles. The van der Waals surface area contributed by atoms with E-state index in [-0.39, 0.29) is 6.61 Å². The normalized spacial score (nSPS) is 19.9. The number of hydrogen-bond donors (Lipinski definition) is 2. The van der Waals surface area contributed by atoms with E-state index in [1.165, 1.54) is 6.42 Å². The third-order valence-corrected chi connectivity index (χ3v) is 3.62. The quantitative estimate of drug-likeness (QED) is 0.841. The molecule has 2 rings (SSSR count). The monoisotopic (exact) mass is 235 g/mol. The maximum atomic E-state index is 9.89. The number of hydrogen-bond acceptors (Lipinski definition) is 3. The summed E-state index contributed by atoms with van der Waals surface area (Å²) in [5.74, 6) is 0.389. The van der Waals surface area contributed by atoms with Crippen molar-refractivity contribution in [1.82, 2.24) is 0 Å². The standard InChI is InChI=1S/C14H21NO2/c1-2-11-5-6-13(10-14(11)17)15-8-3-4-12(15)7-9-16/h5-6,10,12,16-17H,2-4,7-9H2,1H3. The van der Waals surface area contributed by atoms with Crippen LogP contribution in [0.2, 0.25) is 0 Å². The number of aliphatic hydroxyl groups is 1. The highest BCUT2D eigenvalue weighted by Gasteiger charge is 2.24. The summed E-state index contributed by atoms with van der Waals surface area (Å²) in [6, 6.07) is 6.36. The van der Waals surface area contributed by atoms with Gasteiger partial charge in [0.2, 0.25) is 0 Å². The molecule has 1 aliphatic rings. The number of rotatable bonds is 4. The minimum atomic E-state index is 0.236. The Morgan fingerprint density at radius 2 is 2.24 bits per heavy atom. The van der Waals surface area contributed by atoms with Crippen molar-refractivity contribution in [3.8, 4) is 5.75 Å². The maximum Gasteiger partial charge on any atom is 0.120 e. The summed E-state index contributed by atoms with van der Waals surface area (Å²) in [6.45, 7) is 3.30. The van der Waals surface area contributed by atoms with Crippen LogP contribution in [0.1, 0.15) is 31.7 Å². The average Bonchev–Trinajstić information content (AvgIpc) is 2.78. The Balaban J connectivity index is 2.18. The van der Waals surface area contributed by atoms with Crippen LogP contribution in [0.25, 0.3) is 0 Å². The van der Waals surface area contributed by atoms with E-state index >= 15 is 0 Å². The third-order valence-electron chi connectivity index (χ3n) is 3.62. The molecular weight excluding hydrogens is 214 g/mol. The van der Waals surface area contributed by atoms with E-state index in [4.69, 9.17) is 5.11 Å². The molecule has 1 aliphatic heterocycles. The number of aryl methyl sites for hydroxylation is 1. The Morgan fingerprint density at radius 3 is 2.88 bits per heavy atom. The highest BCUT2D eigenvalue weighted by Crippen LogP contribution is 2.31. The van der Waals surface area contributed by atoms with Crippen molar-refractivity contribution in [3.05, 3.63) is 23.8 Å². The van der Waals surface area contributed by atoms with Gasteiger partial charge in [-0.05, 0) is 37.3 Å². The second kappa shape index (κ2) is 5.41. The zero-order chi connectivity index (χ0) is 12.3. The molecule has 1 unspecified atom stereocenters. The second-order valence-corrected chi connectivity index (χ2v) is 4.67. The van der Waals surface area contributed by atoms with E-state index in [9.17, 15) is 5.11 Å². The van der Waals surface area contributed by atoms with E-state index in [1.807, 2.05) is 19.1 Å². The first-order chi connectivity index (χ1) is 8.26. The van der Waals surface area contributed by atoms with Gasteiger partial charge in [-0.15, -0.1) is 0 Å². The molecule has 3 nitrogen and oxygen atoms in total. The van der Waals surface area contributed by atoms with E-state index in [1.54, 1.807) is 0 Å². The summed E-state index contributed by atoms with van der Waals surface area (Å²) in [7, 11) is 0. The van der Waals surface area contributed by atoms with Gasteiger partial charge in [0.05, 0.1) is 0 Å². The van der Waals surface area contributed by atoms with Gasteiger partial charge in [-0.3, -0.25) is 0 Å². The Hall–Kier alpha value is -1.22. The molecule has 0 aliphatic carbocycles. The average molecular weight is 235 g/mol. The van der Waals surface area contributed by atoms with Crippen molar-refractivity contribution in [1.29, 1.82) is 0 Å². The number of benzene rings is 1. The number of phenolic OH excluding ortho intramolecular Hbond substituents is 1. The van der Waals surface area contributed by atoms with E-state index < -0.39 is 0 Å². The predicted octanol–water partition coefficient (Wildman–Crippen LogP) is 2.31. The fourth-order valence-corrected chi connectivity index (χ4v) is 2.65. The number of aromatic hydroxyl groups is 1. The van der Waals surface area contributed by atoms with Crippen LogP contribution in [-0.4, -0.2) is 29.4 Å². The van der Waals surface area contributed by atoms with E-state index in [2.05, 4.69) is 11.0 Å². The first-order valence-corrected chi connectivity index (χ1v) is 6.45. The molecule has 0 radical (unpaired) electrons. The van der Waals surface area contributed by atoms with Gasteiger partial charge in [-0.25, -0.2) is 0 Å². The molecule has 1 saturated heterocycles. The van der Waals surface area contributed by atoms with Gasteiger partial charge < -0.3 is 15.1 Å². The van der Waals surface area contributed by atoms with Crippen LogP contribution >= 0.6 is 0 Å². The van der Waals surface area contributed by atoms with Crippen LogP contribution in [0.3, 0.4) is 0 Å². The zero-order valence-corrected chi connectivity index (χ0v) is 10.4. The lowest BCUT2D eigenvalue weighted by molar-refractivity contribution is 0.276. The molecule has 1 fully saturated rings. The minimum absolute atomic E-state index is 0.236. The van der Waals surface area contributed by atoms with Crippen LogP contribution in [0.5, 0.6) is 5.75 Å². The minimum Gasteiger partial charge on any atom is -0.508 e. The highest BCUT2D eigenvalue weighted by molar-refractivity contribution is 5.54. The Morgan fingerprint density at radius 1 is 1.41 bits per heavy atom. The van der Waals surface area contributed by atoms with E-state index in [0.717, 1.165) is 37.1 Å². The predicted molar refractivity (Wildman–Crippen MR) is 69.6 cm³/mol. The SMILES string of the molecule is CCc1ccc(N2CCCC2CCO)cc1O. The van der Waals surface area contributed by atoms with Crippen LogP contribution in [-0.2, 0) is 6.42 Å². The van der Waals surface area contributed by atoms with Crippen LogP contribution < -0.4 is 4.90 Å². The van der Waals surface area contributed by atoms with E-state index in [0.29, 0.717) is 11.8 Å². The lowest BCUT2D eigenvalue weighted by atomic mass is 10.1. The molecule has 1 heterocycles. The number of phenols is 1. The number of aliphatic hydroxyl groups excluding tert-OH is 1. The van der Waals surface area contributed by atoms with Crippen molar-refractivity contribution in [3.63, 3.8) is 0 Å². The van der Waals surface area contributed by atoms with Crippen LogP contribution in [0.15, 0.2) is 18.2 Å². The van der Waals surface area contributed by atoms with Crippen molar-refractivity contribution in [2.75, 3.05) is 18.1 Å². The Bertz CT molecular complexity index is 378. The lowest BCUT2D eigenvalue weighted by Crippen LogP contribution is -2.29. The smallest absolute Gasteiger partial charge is 0.120 e.